The maximum absolute atomic E-state index is 13.4. The van der Waals surface area contributed by atoms with Gasteiger partial charge in [-0.3, -0.25) is 13.9 Å². The van der Waals surface area contributed by atoms with Gasteiger partial charge in [0.15, 0.2) is 0 Å². The lowest BCUT2D eigenvalue weighted by Gasteiger charge is -2.31. The Hall–Kier alpha value is -2.10. The highest BCUT2D eigenvalue weighted by molar-refractivity contribution is 9.10. The van der Waals surface area contributed by atoms with Gasteiger partial charge in [-0.25, -0.2) is 8.42 Å². The number of hydrogen-bond donors (Lipinski definition) is 1. The molecule has 7 nitrogen and oxygen atoms in total. The summed E-state index contributed by atoms with van der Waals surface area (Å²) in [4.78, 5) is 27.4. The first-order chi connectivity index (χ1) is 15.0. The number of carbonyl (C=O) groups excluding carboxylic acids is 2. The van der Waals surface area contributed by atoms with Gasteiger partial charge in [0, 0.05) is 22.6 Å². The van der Waals surface area contributed by atoms with Crippen LogP contribution in [0.3, 0.4) is 0 Å². The van der Waals surface area contributed by atoms with Gasteiger partial charge in [-0.15, -0.1) is 0 Å². The second-order valence-electron chi connectivity index (χ2n) is 7.36. The molecule has 1 N–H and O–H groups in total. The van der Waals surface area contributed by atoms with Gasteiger partial charge in [-0.2, -0.15) is 0 Å². The van der Waals surface area contributed by atoms with E-state index >= 15 is 0 Å². The van der Waals surface area contributed by atoms with E-state index in [9.17, 15) is 18.0 Å². The number of sulfonamides is 1. The molecule has 0 bridgehead atoms. The fourth-order valence-corrected chi connectivity index (χ4v) is 4.36. The van der Waals surface area contributed by atoms with Crippen LogP contribution in [0.25, 0.3) is 0 Å². The van der Waals surface area contributed by atoms with E-state index in [1.807, 2.05) is 6.92 Å². The molecular formula is C22H27BrClN3O4S. The maximum atomic E-state index is 13.4. The van der Waals surface area contributed by atoms with Crippen molar-refractivity contribution in [3.63, 3.8) is 0 Å². The van der Waals surface area contributed by atoms with Crippen LogP contribution in [0.15, 0.2) is 53.0 Å². The van der Waals surface area contributed by atoms with Crippen LogP contribution < -0.4 is 9.62 Å². The molecule has 1 unspecified atom stereocenters. The van der Waals surface area contributed by atoms with Crippen molar-refractivity contribution in [3.05, 3.63) is 63.6 Å². The van der Waals surface area contributed by atoms with Crippen LogP contribution in [0.1, 0.15) is 25.8 Å². The van der Waals surface area contributed by atoms with Crippen molar-refractivity contribution in [2.45, 2.75) is 32.9 Å². The Morgan fingerprint density at radius 3 is 2.38 bits per heavy atom. The van der Waals surface area contributed by atoms with Gasteiger partial charge in [-0.1, -0.05) is 52.7 Å². The molecule has 0 aromatic heterocycles. The maximum Gasteiger partial charge on any atom is 0.244 e. The number of hydrogen-bond acceptors (Lipinski definition) is 4. The lowest BCUT2D eigenvalue weighted by Crippen LogP contribution is -2.51. The zero-order valence-electron chi connectivity index (χ0n) is 18.2. The van der Waals surface area contributed by atoms with E-state index in [4.69, 9.17) is 11.6 Å². The minimum absolute atomic E-state index is 0.132. The summed E-state index contributed by atoms with van der Waals surface area (Å²) in [7, 11) is -3.75. The van der Waals surface area contributed by atoms with E-state index in [0.717, 1.165) is 22.5 Å². The second kappa shape index (κ2) is 11.7. The van der Waals surface area contributed by atoms with Crippen molar-refractivity contribution in [3.8, 4) is 0 Å². The van der Waals surface area contributed by atoms with Gasteiger partial charge in [0.1, 0.15) is 12.6 Å². The predicted octanol–water partition coefficient (Wildman–Crippen LogP) is 3.81. The Bertz CT molecular complexity index is 1050. The third-order valence-corrected chi connectivity index (χ3v) is 6.64. The Kier molecular flexibility index (Phi) is 9.54. The third kappa shape index (κ3) is 7.50. The minimum Gasteiger partial charge on any atom is -0.354 e. The van der Waals surface area contributed by atoms with E-state index in [0.29, 0.717) is 21.7 Å². The van der Waals surface area contributed by atoms with Crippen LogP contribution >= 0.6 is 27.5 Å². The fourth-order valence-electron chi connectivity index (χ4n) is 3.01. The van der Waals surface area contributed by atoms with Gasteiger partial charge in [0.05, 0.1) is 11.9 Å². The van der Waals surface area contributed by atoms with Crippen molar-refractivity contribution < 1.29 is 18.0 Å². The zero-order chi connectivity index (χ0) is 23.9. The number of rotatable bonds is 10. The number of carbonyl (C=O) groups is 2. The largest absolute Gasteiger partial charge is 0.354 e. The predicted molar refractivity (Wildman–Crippen MR) is 131 cm³/mol. The van der Waals surface area contributed by atoms with E-state index in [1.54, 1.807) is 55.5 Å². The summed E-state index contributed by atoms with van der Waals surface area (Å²) in [6.45, 7) is 3.74. The molecule has 0 fully saturated rings. The molecule has 0 radical (unpaired) electrons. The van der Waals surface area contributed by atoms with Crippen molar-refractivity contribution in [2.24, 2.45) is 0 Å². The number of nitrogens with zero attached hydrogens (tertiary/aromatic N) is 2. The van der Waals surface area contributed by atoms with Crippen LogP contribution in [0, 0.1) is 0 Å². The van der Waals surface area contributed by atoms with Crippen molar-refractivity contribution in [1.29, 1.82) is 0 Å². The van der Waals surface area contributed by atoms with Crippen LogP contribution in [0.4, 0.5) is 5.69 Å². The molecule has 174 valence electrons. The number of nitrogens with one attached hydrogen (secondary N) is 1. The molecule has 0 aliphatic carbocycles. The Morgan fingerprint density at radius 2 is 1.81 bits per heavy atom. The van der Waals surface area contributed by atoms with Gasteiger partial charge < -0.3 is 10.2 Å². The number of halogens is 2. The lowest BCUT2D eigenvalue weighted by molar-refractivity contribution is -0.139. The highest BCUT2D eigenvalue weighted by Gasteiger charge is 2.30. The molecule has 0 saturated heterocycles. The normalized spacial score (nSPS) is 12.2. The quantitative estimate of drug-likeness (QED) is 0.493. The van der Waals surface area contributed by atoms with Crippen LogP contribution in [0.2, 0.25) is 5.02 Å². The summed E-state index contributed by atoms with van der Waals surface area (Å²) in [5.41, 5.74) is 1.12. The average Bonchev–Trinajstić information content (AvgIpc) is 2.73. The first-order valence-corrected chi connectivity index (χ1v) is 13.1. The lowest BCUT2D eigenvalue weighted by atomic mass is 10.1. The molecule has 2 aromatic rings. The molecule has 2 amide bonds. The first kappa shape index (κ1) is 26.2. The molecule has 0 saturated carbocycles. The summed E-state index contributed by atoms with van der Waals surface area (Å²) < 4.78 is 26.7. The Morgan fingerprint density at radius 1 is 1.16 bits per heavy atom. The molecule has 2 rings (SSSR count). The van der Waals surface area contributed by atoms with Crippen molar-refractivity contribution in [2.75, 3.05) is 23.7 Å². The van der Waals surface area contributed by atoms with E-state index in [2.05, 4.69) is 21.2 Å². The molecule has 0 aliphatic rings. The standard InChI is InChI=1S/C22H27BrClN3O4S/c1-4-12-25-22(29)16(2)26(14-17-8-10-19(24)11-9-17)21(28)15-27(32(3,30)31)20-7-5-6-18(23)13-20/h5-11,13,16H,4,12,14-15H2,1-3H3,(H,25,29). The average molecular weight is 545 g/mol. The molecule has 10 heteroatoms. The number of anilines is 1. The van der Waals surface area contributed by atoms with Gasteiger partial charge >= 0.3 is 0 Å². The van der Waals surface area contributed by atoms with E-state index < -0.39 is 28.5 Å². The van der Waals surface area contributed by atoms with E-state index in [1.165, 1.54) is 4.90 Å². The molecule has 0 spiro atoms. The fraction of sp³-hybridized carbons (Fsp3) is 0.364. The first-order valence-electron chi connectivity index (χ1n) is 10.1. The highest BCUT2D eigenvalue weighted by Crippen LogP contribution is 2.23. The van der Waals surface area contributed by atoms with Gasteiger partial charge in [0.25, 0.3) is 0 Å². The monoisotopic (exact) mass is 543 g/mol. The van der Waals surface area contributed by atoms with Crippen LogP contribution in [0.5, 0.6) is 0 Å². The number of benzene rings is 2. The summed E-state index contributed by atoms with van der Waals surface area (Å²) >= 11 is 9.29. The molecule has 2 aromatic carbocycles. The van der Waals surface area contributed by atoms with Crippen LogP contribution in [-0.4, -0.2) is 50.5 Å². The van der Waals surface area contributed by atoms with Crippen molar-refractivity contribution >= 4 is 55.1 Å². The van der Waals surface area contributed by atoms with Gasteiger partial charge in [-0.05, 0) is 49.2 Å². The number of amides is 2. The molecule has 1 atom stereocenters. The summed E-state index contributed by atoms with van der Waals surface area (Å²) in [6, 6.07) is 12.8. The topological polar surface area (TPSA) is 86.8 Å². The molecule has 0 aliphatic heterocycles. The molecule has 32 heavy (non-hydrogen) atoms. The smallest absolute Gasteiger partial charge is 0.244 e. The van der Waals surface area contributed by atoms with Gasteiger partial charge in [0.2, 0.25) is 21.8 Å². The molecule has 0 heterocycles. The highest BCUT2D eigenvalue weighted by atomic mass is 79.9. The third-order valence-electron chi connectivity index (χ3n) is 4.76. The van der Waals surface area contributed by atoms with E-state index in [-0.39, 0.29) is 12.5 Å². The summed E-state index contributed by atoms with van der Waals surface area (Å²) in [6.07, 6.45) is 1.80. The van der Waals surface area contributed by atoms with Crippen molar-refractivity contribution in [1.82, 2.24) is 10.2 Å². The summed E-state index contributed by atoms with van der Waals surface area (Å²) in [5, 5.41) is 3.35. The Labute approximate surface area is 202 Å². The second-order valence-corrected chi connectivity index (χ2v) is 10.6. The minimum atomic E-state index is -3.75. The van der Waals surface area contributed by atoms with Crippen LogP contribution in [-0.2, 0) is 26.2 Å². The summed E-state index contributed by atoms with van der Waals surface area (Å²) in [5.74, 6) is -0.799. The zero-order valence-corrected chi connectivity index (χ0v) is 21.4. The SMILES string of the molecule is CCCNC(=O)C(C)N(Cc1ccc(Cl)cc1)C(=O)CN(c1cccc(Br)c1)S(C)(=O)=O. The Balaban J connectivity index is 2.35. The molecular weight excluding hydrogens is 518 g/mol.